The van der Waals surface area contributed by atoms with Gasteiger partial charge in [-0.25, -0.2) is 4.40 Å². The first-order valence-electron chi connectivity index (χ1n) is 6.32. The van der Waals surface area contributed by atoms with Gasteiger partial charge in [0, 0.05) is 11.3 Å². The quantitative estimate of drug-likeness (QED) is 0.666. The van der Waals surface area contributed by atoms with Gasteiger partial charge in [-0.15, -0.1) is 6.42 Å². The summed E-state index contributed by atoms with van der Waals surface area (Å²) in [7, 11) is 0. The summed E-state index contributed by atoms with van der Waals surface area (Å²) in [5.74, 6) is 1.86. The monoisotopic (exact) mass is 297 g/mol. The van der Waals surface area contributed by atoms with Gasteiger partial charge in [-0.2, -0.15) is 0 Å². The first-order valence-corrected chi connectivity index (χ1v) is 7.15. The van der Waals surface area contributed by atoms with E-state index in [1.807, 2.05) is 31.2 Å². The normalized spacial score (nSPS) is 19.0. The van der Waals surface area contributed by atoms with E-state index >= 15 is 0 Å². The maximum Gasteiger partial charge on any atom is 0.253 e. The second-order valence-corrected chi connectivity index (χ2v) is 4.92. The van der Waals surface area contributed by atoms with Crippen LogP contribution in [0.1, 0.15) is 5.56 Å². The van der Waals surface area contributed by atoms with E-state index in [4.69, 9.17) is 11.6 Å². The molecule has 106 valence electrons. The largest absolute Gasteiger partial charge is 0.322 e. The number of hydrogen-bond acceptors (Lipinski definition) is 4. The average Bonchev–Trinajstić information content (AvgIpc) is 2.49. The minimum absolute atomic E-state index is 0.235. The van der Waals surface area contributed by atoms with Crippen LogP contribution in [-0.2, 0) is 4.79 Å². The van der Waals surface area contributed by atoms with Crippen molar-refractivity contribution in [3.63, 3.8) is 0 Å². The molecule has 0 bridgehead atoms. The number of nitrogens with zero attached hydrogens (tertiary/aromatic N) is 1. The van der Waals surface area contributed by atoms with Crippen LogP contribution >= 0.6 is 12.1 Å². The summed E-state index contributed by atoms with van der Waals surface area (Å²) in [5, 5.41) is 8.18. The maximum absolute atomic E-state index is 12.4. The van der Waals surface area contributed by atoms with Gasteiger partial charge in [0.05, 0.1) is 23.8 Å². The molecule has 0 saturated heterocycles. The van der Waals surface area contributed by atoms with Crippen molar-refractivity contribution in [2.45, 2.75) is 6.92 Å². The van der Waals surface area contributed by atoms with Gasteiger partial charge in [-0.1, -0.05) is 35.8 Å². The van der Waals surface area contributed by atoms with Crippen LogP contribution in [0.5, 0.6) is 0 Å². The fourth-order valence-electron chi connectivity index (χ4n) is 1.97. The summed E-state index contributed by atoms with van der Waals surface area (Å²) in [6.45, 7) is 1.99. The lowest BCUT2D eigenvalue weighted by Gasteiger charge is -2.17. The van der Waals surface area contributed by atoms with Crippen LogP contribution in [0.4, 0.5) is 5.69 Å². The smallest absolute Gasteiger partial charge is 0.253 e. The van der Waals surface area contributed by atoms with Crippen LogP contribution < -0.4 is 10.5 Å². The predicted molar refractivity (Wildman–Crippen MR) is 88.6 cm³/mol. The Morgan fingerprint density at radius 2 is 2.14 bits per heavy atom. The zero-order valence-corrected chi connectivity index (χ0v) is 12.4. The molecule has 0 saturated carbocycles. The Morgan fingerprint density at radius 1 is 1.43 bits per heavy atom. The number of hydrogen-bond donors (Lipinski definition) is 2. The van der Waals surface area contributed by atoms with Crippen molar-refractivity contribution >= 4 is 29.4 Å². The van der Waals surface area contributed by atoms with E-state index in [1.54, 1.807) is 18.2 Å². The van der Waals surface area contributed by atoms with Gasteiger partial charge < -0.3 is 5.32 Å². The van der Waals surface area contributed by atoms with E-state index in [-0.39, 0.29) is 5.91 Å². The van der Waals surface area contributed by atoms with Crippen molar-refractivity contribution in [3.8, 4) is 12.3 Å². The Kier molecular flexibility index (Phi) is 4.99. The van der Waals surface area contributed by atoms with Crippen molar-refractivity contribution < 1.29 is 4.79 Å². The highest BCUT2D eigenvalue weighted by atomic mass is 32.2. The number of amides is 1. The van der Waals surface area contributed by atoms with E-state index in [1.165, 1.54) is 0 Å². The lowest BCUT2D eigenvalue weighted by molar-refractivity contribution is -0.113. The Morgan fingerprint density at radius 3 is 2.76 bits per heavy atom. The van der Waals surface area contributed by atoms with Gasteiger partial charge in [0.15, 0.2) is 0 Å². The van der Waals surface area contributed by atoms with Crippen LogP contribution in [0, 0.1) is 25.2 Å². The standard InChI is InChI=1S/C16H15N3OS/c1-3-13-14(5-4-6-15(13)19-21-17)16(20)18-12-9-7-11(2)8-10-12/h1,4-10,13H,17H2,2H3,(H,18,20)/b19-15-. The highest BCUT2D eigenvalue weighted by molar-refractivity contribution is 7.95. The van der Waals surface area contributed by atoms with Gasteiger partial charge in [-0.05, 0) is 25.1 Å². The van der Waals surface area contributed by atoms with Crippen molar-refractivity contribution in [2.75, 3.05) is 5.32 Å². The van der Waals surface area contributed by atoms with Gasteiger partial charge in [0.2, 0.25) is 0 Å². The topological polar surface area (TPSA) is 67.5 Å². The van der Waals surface area contributed by atoms with Crippen LogP contribution in [-0.4, -0.2) is 11.6 Å². The van der Waals surface area contributed by atoms with E-state index in [0.717, 1.165) is 23.4 Å². The van der Waals surface area contributed by atoms with Crippen LogP contribution in [0.15, 0.2) is 52.5 Å². The molecule has 0 spiro atoms. The minimum Gasteiger partial charge on any atom is -0.322 e. The van der Waals surface area contributed by atoms with Gasteiger partial charge >= 0.3 is 0 Å². The number of anilines is 1. The van der Waals surface area contributed by atoms with Crippen LogP contribution in [0.2, 0.25) is 0 Å². The molecular weight excluding hydrogens is 282 g/mol. The third-order valence-electron chi connectivity index (χ3n) is 3.05. The number of aryl methyl sites for hydroxylation is 1. The number of carbonyl (C=O) groups excluding carboxylic acids is 1. The molecule has 1 aromatic rings. The molecule has 0 heterocycles. The van der Waals surface area contributed by atoms with Crippen LogP contribution in [0.25, 0.3) is 0 Å². The zero-order chi connectivity index (χ0) is 15.2. The first-order chi connectivity index (χ1) is 10.2. The third-order valence-corrected chi connectivity index (χ3v) is 3.36. The highest BCUT2D eigenvalue weighted by Gasteiger charge is 2.24. The van der Waals surface area contributed by atoms with Crippen molar-refractivity contribution in [3.05, 3.63) is 53.6 Å². The van der Waals surface area contributed by atoms with E-state index in [2.05, 4.69) is 15.6 Å². The number of carbonyl (C=O) groups is 1. The Balaban J connectivity index is 2.20. The molecule has 4 nitrogen and oxygen atoms in total. The minimum atomic E-state index is -0.489. The number of nitrogens with two attached hydrogens (primary N) is 1. The molecule has 0 radical (unpaired) electrons. The lowest BCUT2D eigenvalue weighted by Crippen LogP contribution is -2.25. The summed E-state index contributed by atoms with van der Waals surface area (Å²) in [6.07, 6.45) is 10.7. The molecule has 3 N–H and O–H groups in total. The molecule has 1 aliphatic rings. The molecule has 21 heavy (non-hydrogen) atoms. The SMILES string of the molecule is C#CC1C(C(=O)Nc2ccc(C)cc2)=CC=C/C1=N/SN. The number of benzene rings is 1. The predicted octanol–water partition coefficient (Wildman–Crippen LogP) is 2.64. The summed E-state index contributed by atoms with van der Waals surface area (Å²) in [4.78, 5) is 12.4. The molecule has 1 amide bonds. The number of nitrogens with one attached hydrogen (secondary N) is 1. The Labute approximate surface area is 128 Å². The zero-order valence-electron chi connectivity index (χ0n) is 11.5. The highest BCUT2D eigenvalue weighted by Crippen LogP contribution is 2.21. The average molecular weight is 297 g/mol. The van der Waals surface area contributed by atoms with E-state index in [9.17, 15) is 4.79 Å². The van der Waals surface area contributed by atoms with E-state index < -0.39 is 5.92 Å². The van der Waals surface area contributed by atoms with Crippen molar-refractivity contribution in [1.29, 1.82) is 0 Å². The fourth-order valence-corrected chi connectivity index (χ4v) is 2.26. The Bertz CT molecular complexity index is 666. The first kappa shape index (κ1) is 15.1. The van der Waals surface area contributed by atoms with E-state index in [0.29, 0.717) is 11.3 Å². The van der Waals surface area contributed by atoms with Gasteiger partial charge in [0.25, 0.3) is 5.91 Å². The third kappa shape index (κ3) is 3.63. The summed E-state index contributed by atoms with van der Waals surface area (Å²) < 4.78 is 4.05. The van der Waals surface area contributed by atoms with Crippen LogP contribution in [0.3, 0.4) is 0 Å². The summed E-state index contributed by atoms with van der Waals surface area (Å²) in [6, 6.07) is 7.56. The lowest BCUT2D eigenvalue weighted by atomic mass is 9.90. The van der Waals surface area contributed by atoms with Crippen molar-refractivity contribution in [2.24, 2.45) is 15.5 Å². The second kappa shape index (κ2) is 6.93. The Hall–Kier alpha value is -2.29. The summed E-state index contributed by atoms with van der Waals surface area (Å²) in [5.41, 5.74) is 2.93. The number of allylic oxidation sites excluding steroid dienone is 3. The fraction of sp³-hybridized carbons (Fsp3) is 0.125. The molecule has 1 unspecified atom stereocenters. The molecule has 1 atom stereocenters. The maximum atomic E-state index is 12.4. The molecule has 5 heteroatoms. The van der Waals surface area contributed by atoms with Gasteiger partial charge in [0.1, 0.15) is 0 Å². The summed E-state index contributed by atoms with van der Waals surface area (Å²) >= 11 is 0.829. The molecule has 1 aromatic carbocycles. The number of rotatable bonds is 3. The second-order valence-electron chi connectivity index (χ2n) is 4.52. The molecule has 0 aromatic heterocycles. The molecular formula is C16H15N3OS. The molecule has 1 aliphatic carbocycles. The number of terminal acetylenes is 1. The molecule has 2 rings (SSSR count). The molecule has 0 aliphatic heterocycles. The molecule has 0 fully saturated rings. The van der Waals surface area contributed by atoms with Gasteiger partial charge in [-0.3, -0.25) is 9.93 Å². The van der Waals surface area contributed by atoms with Crippen molar-refractivity contribution in [1.82, 2.24) is 0 Å².